The number of anilines is 2. The quantitative estimate of drug-likeness (QED) is 0.518. The zero-order valence-electron chi connectivity index (χ0n) is 14.3. The summed E-state index contributed by atoms with van der Waals surface area (Å²) in [5, 5.41) is 4.21. The summed E-state index contributed by atoms with van der Waals surface area (Å²) in [6, 6.07) is 28.2. The summed E-state index contributed by atoms with van der Waals surface area (Å²) in [4.78, 5) is 4.84. The standard InChI is InChI=1S/C21H17N3OS/c1-25-19-15-9-8-14-18(19)24-20(16-10-4-2-5-11-16)23-21(26-24)22-17-12-6-3-7-13-17/h2-15H,1H3/p+1. The van der Waals surface area contributed by atoms with Crippen molar-refractivity contribution in [3.8, 4) is 22.8 Å². The first kappa shape index (κ1) is 16.3. The molecule has 4 nitrogen and oxygen atoms in total. The Morgan fingerprint density at radius 2 is 1.50 bits per heavy atom. The van der Waals surface area contributed by atoms with Crippen LogP contribution in [0.1, 0.15) is 0 Å². The third-order valence-corrected chi connectivity index (χ3v) is 4.86. The van der Waals surface area contributed by atoms with Gasteiger partial charge in [0.25, 0.3) is 0 Å². The Morgan fingerprint density at radius 1 is 0.846 bits per heavy atom. The van der Waals surface area contributed by atoms with Crippen molar-refractivity contribution < 1.29 is 8.69 Å². The summed E-state index contributed by atoms with van der Waals surface area (Å²) in [6.45, 7) is 0. The van der Waals surface area contributed by atoms with Gasteiger partial charge in [-0.3, -0.25) is 0 Å². The summed E-state index contributed by atoms with van der Waals surface area (Å²) in [6.07, 6.45) is 0. The maximum atomic E-state index is 5.56. The van der Waals surface area contributed by atoms with Gasteiger partial charge >= 0.3 is 11.0 Å². The molecule has 0 unspecified atom stereocenters. The van der Waals surface area contributed by atoms with E-state index >= 15 is 0 Å². The maximum absolute atomic E-state index is 5.56. The molecular formula is C21H18N3OS+. The minimum atomic E-state index is 0.810. The molecule has 0 aliphatic carbocycles. The average molecular weight is 360 g/mol. The molecule has 0 amide bonds. The smallest absolute Gasteiger partial charge is 0.350 e. The fourth-order valence-electron chi connectivity index (χ4n) is 2.72. The normalized spacial score (nSPS) is 10.5. The molecule has 128 valence electrons. The molecule has 0 aliphatic heterocycles. The van der Waals surface area contributed by atoms with Crippen molar-refractivity contribution in [3.63, 3.8) is 0 Å². The lowest BCUT2D eigenvalue weighted by Gasteiger charge is -2.04. The zero-order chi connectivity index (χ0) is 17.8. The zero-order valence-corrected chi connectivity index (χ0v) is 15.1. The highest BCUT2D eigenvalue weighted by Gasteiger charge is 2.26. The van der Waals surface area contributed by atoms with Crippen LogP contribution < -0.4 is 14.0 Å². The number of nitrogens with zero attached hydrogens (tertiary/aromatic N) is 2. The van der Waals surface area contributed by atoms with Crippen LogP contribution in [0.4, 0.5) is 10.8 Å². The van der Waals surface area contributed by atoms with Crippen molar-refractivity contribution in [2.24, 2.45) is 0 Å². The Bertz CT molecular complexity index is 1000. The van der Waals surface area contributed by atoms with Crippen LogP contribution >= 0.6 is 11.5 Å². The fourth-order valence-corrected chi connectivity index (χ4v) is 3.66. The number of ether oxygens (including phenoxy) is 1. The summed E-state index contributed by atoms with van der Waals surface area (Å²) in [5.41, 5.74) is 3.02. The maximum Gasteiger partial charge on any atom is 0.350 e. The third kappa shape index (κ3) is 3.30. The molecule has 0 atom stereocenters. The molecule has 0 saturated carbocycles. The highest BCUT2D eigenvalue weighted by atomic mass is 32.1. The van der Waals surface area contributed by atoms with Gasteiger partial charge in [-0.25, -0.2) is 0 Å². The van der Waals surface area contributed by atoms with E-state index in [0.29, 0.717) is 0 Å². The van der Waals surface area contributed by atoms with Crippen LogP contribution in [0.15, 0.2) is 84.9 Å². The average Bonchev–Trinajstić information content (AvgIpc) is 3.13. The molecule has 0 bridgehead atoms. The van der Waals surface area contributed by atoms with Crippen molar-refractivity contribution in [1.82, 2.24) is 4.98 Å². The molecule has 0 aliphatic rings. The van der Waals surface area contributed by atoms with Gasteiger partial charge in [-0.05, 0) is 41.4 Å². The van der Waals surface area contributed by atoms with E-state index in [0.717, 1.165) is 33.6 Å². The monoisotopic (exact) mass is 360 g/mol. The van der Waals surface area contributed by atoms with E-state index in [-0.39, 0.29) is 0 Å². The van der Waals surface area contributed by atoms with E-state index < -0.39 is 0 Å². The molecule has 4 rings (SSSR count). The highest BCUT2D eigenvalue weighted by Crippen LogP contribution is 2.27. The summed E-state index contributed by atoms with van der Waals surface area (Å²) >= 11 is 1.55. The van der Waals surface area contributed by atoms with Gasteiger partial charge in [0.05, 0.1) is 12.7 Å². The fraction of sp³-hybridized carbons (Fsp3) is 0.0476. The molecule has 1 aromatic heterocycles. The van der Waals surface area contributed by atoms with E-state index in [9.17, 15) is 0 Å². The molecule has 0 saturated heterocycles. The number of methoxy groups -OCH3 is 1. The van der Waals surface area contributed by atoms with Crippen molar-refractivity contribution in [3.05, 3.63) is 84.9 Å². The largest absolute Gasteiger partial charge is 0.492 e. The minimum Gasteiger partial charge on any atom is -0.492 e. The van der Waals surface area contributed by atoms with Crippen molar-refractivity contribution in [2.45, 2.75) is 0 Å². The number of nitrogens with one attached hydrogen (secondary N) is 1. The SMILES string of the molecule is COc1ccccc1-[n+]1sc(Nc2ccccc2)nc1-c1ccccc1. The summed E-state index contributed by atoms with van der Waals surface area (Å²) in [7, 11) is 1.69. The highest BCUT2D eigenvalue weighted by molar-refractivity contribution is 7.06. The van der Waals surface area contributed by atoms with Crippen molar-refractivity contribution in [1.29, 1.82) is 0 Å². The van der Waals surface area contributed by atoms with Crippen LogP contribution in [0, 0.1) is 0 Å². The summed E-state index contributed by atoms with van der Waals surface area (Å²) in [5.74, 6) is 1.68. The van der Waals surface area contributed by atoms with Gasteiger partial charge in [-0.1, -0.05) is 48.5 Å². The Kier molecular flexibility index (Phi) is 4.62. The molecule has 26 heavy (non-hydrogen) atoms. The Hall–Kier alpha value is -3.18. The van der Waals surface area contributed by atoms with E-state index in [1.54, 1.807) is 18.6 Å². The second-order valence-corrected chi connectivity index (χ2v) is 6.59. The molecule has 0 radical (unpaired) electrons. The van der Waals surface area contributed by atoms with Crippen molar-refractivity contribution in [2.75, 3.05) is 12.4 Å². The lowest BCUT2D eigenvalue weighted by molar-refractivity contribution is -0.510. The molecule has 1 heterocycles. The van der Waals surface area contributed by atoms with Crippen LogP contribution in [0.25, 0.3) is 17.1 Å². The predicted molar refractivity (Wildman–Crippen MR) is 105 cm³/mol. The molecule has 0 fully saturated rings. The molecule has 0 spiro atoms. The van der Waals surface area contributed by atoms with Crippen LogP contribution in [0.3, 0.4) is 0 Å². The van der Waals surface area contributed by atoms with Gasteiger partial charge in [0.2, 0.25) is 0 Å². The molecule has 3 aromatic carbocycles. The van der Waals surface area contributed by atoms with Gasteiger partial charge in [0.15, 0.2) is 11.4 Å². The Balaban J connectivity index is 1.83. The molecule has 5 heteroatoms. The minimum absolute atomic E-state index is 0.810. The van der Waals surface area contributed by atoms with Crippen molar-refractivity contribution >= 4 is 22.4 Å². The first-order valence-electron chi connectivity index (χ1n) is 8.29. The second-order valence-electron chi connectivity index (χ2n) is 5.66. The van der Waals surface area contributed by atoms with Gasteiger partial charge in [-0.15, -0.1) is 3.96 Å². The van der Waals surface area contributed by atoms with E-state index in [1.165, 1.54) is 0 Å². The van der Waals surface area contributed by atoms with Gasteiger partial charge in [0.1, 0.15) is 11.5 Å². The Labute approximate surface area is 156 Å². The summed E-state index contributed by atoms with van der Waals surface area (Å²) < 4.78 is 7.65. The molecule has 1 N–H and O–H groups in total. The lowest BCUT2D eigenvalue weighted by Crippen LogP contribution is -2.28. The number of benzene rings is 3. The number of para-hydroxylation sites is 3. The van der Waals surface area contributed by atoms with Crippen LogP contribution in [-0.4, -0.2) is 12.1 Å². The molecular weight excluding hydrogens is 342 g/mol. The van der Waals surface area contributed by atoms with Gasteiger partial charge < -0.3 is 10.1 Å². The lowest BCUT2D eigenvalue weighted by atomic mass is 10.2. The van der Waals surface area contributed by atoms with E-state index in [4.69, 9.17) is 9.72 Å². The van der Waals surface area contributed by atoms with E-state index in [2.05, 4.69) is 21.4 Å². The Morgan fingerprint density at radius 3 is 2.23 bits per heavy atom. The van der Waals surface area contributed by atoms with E-state index in [1.807, 2.05) is 72.8 Å². The topological polar surface area (TPSA) is 38.0 Å². The molecule has 4 aromatic rings. The van der Waals surface area contributed by atoms with Gasteiger partial charge in [0, 0.05) is 5.69 Å². The number of hydrogen-bond donors (Lipinski definition) is 1. The number of hydrogen-bond acceptors (Lipinski definition) is 4. The first-order valence-corrected chi connectivity index (χ1v) is 9.07. The second kappa shape index (κ2) is 7.37. The number of rotatable bonds is 5. The van der Waals surface area contributed by atoms with Crippen LogP contribution in [0.5, 0.6) is 5.75 Å². The number of aromatic nitrogens is 2. The predicted octanol–water partition coefficient (Wildman–Crippen LogP) is 4.84. The third-order valence-electron chi connectivity index (χ3n) is 3.94. The van der Waals surface area contributed by atoms with Crippen LogP contribution in [0.2, 0.25) is 0 Å². The van der Waals surface area contributed by atoms with Crippen LogP contribution in [-0.2, 0) is 0 Å². The van der Waals surface area contributed by atoms with Gasteiger partial charge in [-0.2, -0.15) is 0 Å². The first-order chi connectivity index (χ1) is 12.8.